The Morgan fingerprint density at radius 3 is 2.67 bits per heavy atom. The van der Waals surface area contributed by atoms with Gasteiger partial charge in [-0.1, -0.05) is 18.2 Å². The molecule has 0 aromatic heterocycles. The highest BCUT2D eigenvalue weighted by Gasteiger charge is 2.23. The molecule has 2 rings (SSSR count). The second-order valence-corrected chi connectivity index (χ2v) is 5.81. The fourth-order valence-electron chi connectivity index (χ4n) is 2.69. The van der Waals surface area contributed by atoms with Gasteiger partial charge in [0.2, 0.25) is 5.91 Å². The SMILES string of the molecule is Cc1ccc(CN2CCN(C(=O)CO)C[C@@H](O)C2)cc1C. The maximum Gasteiger partial charge on any atom is 0.248 e. The van der Waals surface area contributed by atoms with Gasteiger partial charge in [-0.15, -0.1) is 0 Å². The molecule has 116 valence electrons. The Bertz CT molecular complexity index is 504. The van der Waals surface area contributed by atoms with Gasteiger partial charge in [-0.2, -0.15) is 0 Å². The molecule has 0 bridgehead atoms. The van der Waals surface area contributed by atoms with Gasteiger partial charge >= 0.3 is 0 Å². The Morgan fingerprint density at radius 1 is 1.24 bits per heavy atom. The van der Waals surface area contributed by atoms with Crippen molar-refractivity contribution >= 4 is 5.91 Å². The summed E-state index contributed by atoms with van der Waals surface area (Å²) in [5.74, 6) is -0.318. The number of rotatable bonds is 3. The van der Waals surface area contributed by atoms with Crippen LogP contribution < -0.4 is 0 Å². The van der Waals surface area contributed by atoms with E-state index in [-0.39, 0.29) is 5.91 Å². The Morgan fingerprint density at radius 2 is 2.00 bits per heavy atom. The first kappa shape index (κ1) is 15.9. The molecular weight excluding hydrogens is 268 g/mol. The van der Waals surface area contributed by atoms with Crippen molar-refractivity contribution in [3.05, 3.63) is 34.9 Å². The standard InChI is InChI=1S/C16H24N2O3/c1-12-3-4-14(7-13(12)2)8-17-5-6-18(16(21)11-19)10-15(20)9-17/h3-4,7,15,19-20H,5-6,8-11H2,1-2H3/t15-/m0/s1. The molecule has 0 saturated carbocycles. The molecule has 0 unspecified atom stereocenters. The number of carbonyl (C=O) groups excluding carboxylic acids is 1. The number of hydrogen-bond donors (Lipinski definition) is 2. The molecule has 1 amide bonds. The summed E-state index contributed by atoms with van der Waals surface area (Å²) in [6.07, 6.45) is -0.574. The topological polar surface area (TPSA) is 64.0 Å². The quantitative estimate of drug-likeness (QED) is 0.841. The normalized spacial score (nSPS) is 20.4. The monoisotopic (exact) mass is 292 g/mol. The molecule has 1 atom stereocenters. The maximum atomic E-state index is 11.6. The van der Waals surface area contributed by atoms with Crippen LogP contribution in [0.4, 0.5) is 0 Å². The molecule has 1 aromatic carbocycles. The number of aliphatic hydroxyl groups is 2. The molecule has 1 saturated heterocycles. The summed E-state index contributed by atoms with van der Waals surface area (Å²) >= 11 is 0. The van der Waals surface area contributed by atoms with Crippen LogP contribution in [0.2, 0.25) is 0 Å². The summed E-state index contributed by atoms with van der Waals surface area (Å²) in [7, 11) is 0. The van der Waals surface area contributed by atoms with Crippen molar-refractivity contribution in [3.63, 3.8) is 0 Å². The molecule has 21 heavy (non-hydrogen) atoms. The highest BCUT2D eigenvalue weighted by molar-refractivity contribution is 5.77. The van der Waals surface area contributed by atoms with Gasteiger partial charge in [-0.25, -0.2) is 0 Å². The van der Waals surface area contributed by atoms with Crippen LogP contribution in [0.25, 0.3) is 0 Å². The van der Waals surface area contributed by atoms with Crippen molar-refractivity contribution in [2.75, 3.05) is 32.8 Å². The van der Waals surface area contributed by atoms with Crippen LogP contribution in [-0.2, 0) is 11.3 Å². The number of hydrogen-bond acceptors (Lipinski definition) is 4. The number of β-amino-alcohol motifs (C(OH)–C–C–N with tert-alkyl or cyclic N) is 1. The number of amides is 1. The zero-order valence-electron chi connectivity index (χ0n) is 12.7. The van der Waals surface area contributed by atoms with Gasteiger partial charge in [0.25, 0.3) is 0 Å². The molecule has 1 fully saturated rings. The lowest BCUT2D eigenvalue weighted by Gasteiger charge is -2.21. The Kier molecular flexibility index (Phi) is 5.33. The molecule has 2 N–H and O–H groups in total. The third-order valence-electron chi connectivity index (χ3n) is 4.05. The second-order valence-electron chi connectivity index (χ2n) is 5.81. The van der Waals surface area contributed by atoms with Crippen LogP contribution in [0.15, 0.2) is 18.2 Å². The van der Waals surface area contributed by atoms with Crippen molar-refractivity contribution in [1.29, 1.82) is 0 Å². The second kappa shape index (κ2) is 7.02. The van der Waals surface area contributed by atoms with Crippen molar-refractivity contribution in [2.45, 2.75) is 26.5 Å². The minimum Gasteiger partial charge on any atom is -0.390 e. The van der Waals surface area contributed by atoms with Crippen LogP contribution in [0.1, 0.15) is 16.7 Å². The van der Waals surface area contributed by atoms with Gasteiger partial charge in [0, 0.05) is 32.7 Å². The molecular formula is C16H24N2O3. The van der Waals surface area contributed by atoms with Gasteiger partial charge < -0.3 is 15.1 Å². The number of benzene rings is 1. The van der Waals surface area contributed by atoms with E-state index in [1.165, 1.54) is 21.6 Å². The fourth-order valence-corrected chi connectivity index (χ4v) is 2.69. The minimum absolute atomic E-state index is 0.294. The first-order chi connectivity index (χ1) is 9.99. The van der Waals surface area contributed by atoms with E-state index in [2.05, 4.69) is 36.9 Å². The number of aryl methyl sites for hydroxylation is 2. The van der Waals surface area contributed by atoms with Crippen LogP contribution >= 0.6 is 0 Å². The average Bonchev–Trinajstić information content (AvgIpc) is 2.63. The third kappa shape index (κ3) is 4.27. The van der Waals surface area contributed by atoms with E-state index in [0.717, 1.165) is 6.54 Å². The smallest absolute Gasteiger partial charge is 0.248 e. The molecule has 1 heterocycles. The van der Waals surface area contributed by atoms with Crippen molar-refractivity contribution in [1.82, 2.24) is 9.80 Å². The molecule has 5 nitrogen and oxygen atoms in total. The van der Waals surface area contributed by atoms with E-state index < -0.39 is 12.7 Å². The van der Waals surface area contributed by atoms with Crippen molar-refractivity contribution in [2.24, 2.45) is 0 Å². The summed E-state index contributed by atoms with van der Waals surface area (Å²) in [5, 5.41) is 19.0. The van der Waals surface area contributed by atoms with E-state index >= 15 is 0 Å². The van der Waals surface area contributed by atoms with E-state index in [1.807, 2.05) is 0 Å². The third-order valence-corrected chi connectivity index (χ3v) is 4.05. The molecule has 1 aromatic rings. The largest absolute Gasteiger partial charge is 0.390 e. The zero-order chi connectivity index (χ0) is 15.4. The van der Waals surface area contributed by atoms with Crippen molar-refractivity contribution < 1.29 is 15.0 Å². The lowest BCUT2D eigenvalue weighted by atomic mass is 10.1. The Labute approximate surface area is 125 Å². The molecule has 0 spiro atoms. The van der Waals surface area contributed by atoms with Crippen LogP contribution in [0.5, 0.6) is 0 Å². The van der Waals surface area contributed by atoms with Crippen LogP contribution in [0.3, 0.4) is 0 Å². The number of carbonyl (C=O) groups is 1. The Balaban J connectivity index is 2.00. The van der Waals surface area contributed by atoms with Gasteiger partial charge in [0.15, 0.2) is 0 Å². The average molecular weight is 292 g/mol. The fraction of sp³-hybridized carbons (Fsp3) is 0.562. The summed E-state index contributed by atoms with van der Waals surface area (Å²) in [6.45, 7) is 6.54. The van der Waals surface area contributed by atoms with Crippen molar-refractivity contribution in [3.8, 4) is 0 Å². The first-order valence-corrected chi connectivity index (χ1v) is 7.34. The number of nitrogens with zero attached hydrogens (tertiary/aromatic N) is 2. The molecule has 0 radical (unpaired) electrons. The lowest BCUT2D eigenvalue weighted by Crippen LogP contribution is -2.39. The maximum absolute atomic E-state index is 11.6. The summed E-state index contributed by atoms with van der Waals surface area (Å²) in [4.78, 5) is 15.2. The predicted octanol–water partition coefficient (Wildman–Crippen LogP) is 0.301. The Hall–Kier alpha value is -1.43. The zero-order valence-corrected chi connectivity index (χ0v) is 12.7. The van der Waals surface area contributed by atoms with E-state index in [1.54, 1.807) is 0 Å². The molecule has 1 aliphatic rings. The first-order valence-electron chi connectivity index (χ1n) is 7.34. The number of aliphatic hydroxyl groups excluding tert-OH is 2. The highest BCUT2D eigenvalue weighted by atomic mass is 16.3. The van der Waals surface area contributed by atoms with Gasteiger partial charge in [0.1, 0.15) is 6.61 Å². The minimum atomic E-state index is -0.574. The van der Waals surface area contributed by atoms with Gasteiger partial charge in [0.05, 0.1) is 6.10 Å². The van der Waals surface area contributed by atoms with E-state index in [9.17, 15) is 9.90 Å². The summed E-state index contributed by atoms with van der Waals surface area (Å²) in [6, 6.07) is 6.39. The highest BCUT2D eigenvalue weighted by Crippen LogP contribution is 2.14. The molecule has 5 heteroatoms. The predicted molar refractivity (Wildman–Crippen MR) is 80.9 cm³/mol. The van der Waals surface area contributed by atoms with Crippen LogP contribution in [0, 0.1) is 13.8 Å². The van der Waals surface area contributed by atoms with E-state index in [4.69, 9.17) is 5.11 Å². The van der Waals surface area contributed by atoms with E-state index in [0.29, 0.717) is 26.2 Å². The molecule has 1 aliphatic heterocycles. The summed E-state index contributed by atoms with van der Waals surface area (Å²) < 4.78 is 0. The van der Waals surface area contributed by atoms with Gasteiger partial charge in [-0.3, -0.25) is 9.69 Å². The van der Waals surface area contributed by atoms with Gasteiger partial charge in [-0.05, 0) is 30.5 Å². The van der Waals surface area contributed by atoms with Crippen LogP contribution in [-0.4, -0.2) is 64.8 Å². The summed E-state index contributed by atoms with van der Waals surface area (Å²) in [5.41, 5.74) is 3.75. The molecule has 0 aliphatic carbocycles. The lowest BCUT2D eigenvalue weighted by molar-refractivity contribution is -0.135.